The van der Waals surface area contributed by atoms with E-state index in [2.05, 4.69) is 37.4 Å². The number of benzene rings is 4. The zero-order valence-electron chi connectivity index (χ0n) is 17.3. The SMILES string of the molecule is C=CC(=O)Sc1ccc(-c2ccc(-c3ccc(SC(=O)C=C)cc3)c3ccccc23)cc1. The fourth-order valence-corrected chi connectivity index (χ4v) is 4.70. The second-order valence-electron chi connectivity index (χ2n) is 7.01. The average molecular weight is 453 g/mol. The summed E-state index contributed by atoms with van der Waals surface area (Å²) < 4.78 is 0. The van der Waals surface area contributed by atoms with Gasteiger partial charge in [0.05, 0.1) is 0 Å². The van der Waals surface area contributed by atoms with Crippen molar-refractivity contribution in [2.75, 3.05) is 0 Å². The standard InChI is InChI=1S/C28H20O2S2/c1-3-27(29)31-21-13-9-19(10-14-21)23-17-18-24(26-8-6-5-7-25(23)26)20-11-15-22(16-12-20)32-28(30)4-2/h3-18H,1-2H2. The van der Waals surface area contributed by atoms with Gasteiger partial charge in [0.2, 0.25) is 10.2 Å². The molecule has 0 aliphatic carbocycles. The van der Waals surface area contributed by atoms with Crippen molar-refractivity contribution in [3.63, 3.8) is 0 Å². The summed E-state index contributed by atoms with van der Waals surface area (Å²) in [6.45, 7) is 7.04. The Balaban J connectivity index is 1.70. The van der Waals surface area contributed by atoms with Crippen LogP contribution in [0.4, 0.5) is 0 Å². The Kier molecular flexibility index (Phi) is 6.74. The molecule has 0 N–H and O–H groups in total. The maximum atomic E-state index is 11.6. The summed E-state index contributed by atoms with van der Waals surface area (Å²) in [5.41, 5.74) is 4.47. The van der Waals surface area contributed by atoms with Crippen LogP contribution in [0.2, 0.25) is 0 Å². The summed E-state index contributed by atoms with van der Waals surface area (Å²) in [5, 5.41) is 2.19. The van der Waals surface area contributed by atoms with Crippen molar-refractivity contribution in [1.82, 2.24) is 0 Å². The summed E-state index contributed by atoms with van der Waals surface area (Å²) in [7, 11) is 0. The number of thioether (sulfide) groups is 2. The van der Waals surface area contributed by atoms with Crippen molar-refractivity contribution >= 4 is 44.5 Å². The number of fused-ring (bicyclic) bond motifs is 1. The zero-order chi connectivity index (χ0) is 22.5. The third kappa shape index (κ3) is 4.77. The van der Waals surface area contributed by atoms with Gasteiger partial charge in [-0.05, 0) is 93.0 Å². The van der Waals surface area contributed by atoms with Crippen molar-refractivity contribution in [2.24, 2.45) is 0 Å². The number of hydrogen-bond acceptors (Lipinski definition) is 4. The van der Waals surface area contributed by atoms with Gasteiger partial charge in [-0.3, -0.25) is 9.59 Å². The maximum Gasteiger partial charge on any atom is 0.216 e. The van der Waals surface area contributed by atoms with Crippen LogP contribution in [0.3, 0.4) is 0 Å². The Labute approximate surface area is 196 Å². The van der Waals surface area contributed by atoms with Crippen molar-refractivity contribution in [3.05, 3.63) is 110 Å². The summed E-state index contributed by atoms with van der Waals surface area (Å²) in [6.07, 6.45) is 2.65. The molecule has 0 aromatic heterocycles. The molecule has 0 fully saturated rings. The van der Waals surface area contributed by atoms with Crippen LogP contribution in [0.15, 0.2) is 120 Å². The van der Waals surface area contributed by atoms with Gasteiger partial charge < -0.3 is 0 Å². The predicted octanol–water partition coefficient (Wildman–Crippen LogP) is 7.78. The van der Waals surface area contributed by atoms with E-state index in [0.717, 1.165) is 42.8 Å². The molecule has 0 saturated carbocycles. The van der Waals surface area contributed by atoms with E-state index in [1.165, 1.54) is 35.7 Å². The minimum atomic E-state index is -0.0640. The van der Waals surface area contributed by atoms with E-state index in [-0.39, 0.29) is 10.2 Å². The van der Waals surface area contributed by atoms with Crippen LogP contribution in [-0.4, -0.2) is 10.2 Å². The van der Waals surface area contributed by atoms with Crippen LogP contribution in [0.1, 0.15) is 0 Å². The average Bonchev–Trinajstić information content (AvgIpc) is 2.84. The molecule has 0 aliphatic heterocycles. The molecule has 4 aromatic rings. The van der Waals surface area contributed by atoms with E-state index < -0.39 is 0 Å². The summed E-state index contributed by atoms with van der Waals surface area (Å²) in [4.78, 5) is 25.0. The van der Waals surface area contributed by atoms with E-state index in [1.807, 2.05) is 60.7 Å². The summed E-state index contributed by atoms with van der Waals surface area (Å²) >= 11 is 2.34. The lowest BCUT2D eigenvalue weighted by Crippen LogP contribution is -1.88. The van der Waals surface area contributed by atoms with Gasteiger partial charge in [0, 0.05) is 9.79 Å². The van der Waals surface area contributed by atoms with Gasteiger partial charge in [0.1, 0.15) is 0 Å². The van der Waals surface area contributed by atoms with E-state index in [9.17, 15) is 9.59 Å². The van der Waals surface area contributed by atoms with Gasteiger partial charge in [0.25, 0.3) is 0 Å². The lowest BCUT2D eigenvalue weighted by molar-refractivity contribution is -0.107. The lowest BCUT2D eigenvalue weighted by Gasteiger charge is -2.13. The van der Waals surface area contributed by atoms with Crippen LogP contribution in [0.25, 0.3) is 33.0 Å². The van der Waals surface area contributed by atoms with E-state index in [1.54, 1.807) is 0 Å². The minimum Gasteiger partial charge on any atom is -0.282 e. The van der Waals surface area contributed by atoms with Crippen LogP contribution in [0, 0.1) is 0 Å². The van der Waals surface area contributed by atoms with Crippen LogP contribution in [-0.2, 0) is 9.59 Å². The first-order valence-corrected chi connectivity index (χ1v) is 11.6. The number of rotatable bonds is 6. The smallest absolute Gasteiger partial charge is 0.216 e. The highest BCUT2D eigenvalue weighted by molar-refractivity contribution is 8.14. The third-order valence-electron chi connectivity index (χ3n) is 5.02. The molecule has 32 heavy (non-hydrogen) atoms. The highest BCUT2D eigenvalue weighted by atomic mass is 32.2. The zero-order valence-corrected chi connectivity index (χ0v) is 18.9. The van der Waals surface area contributed by atoms with Crippen molar-refractivity contribution in [2.45, 2.75) is 9.79 Å². The highest BCUT2D eigenvalue weighted by Crippen LogP contribution is 2.36. The molecule has 0 saturated heterocycles. The van der Waals surface area contributed by atoms with Crippen molar-refractivity contribution < 1.29 is 9.59 Å². The fraction of sp³-hybridized carbons (Fsp3) is 0. The van der Waals surface area contributed by atoms with Gasteiger partial charge in [-0.15, -0.1) is 0 Å². The Morgan fingerprint density at radius 1 is 0.562 bits per heavy atom. The Morgan fingerprint density at radius 3 is 1.28 bits per heavy atom. The first-order chi connectivity index (χ1) is 15.6. The first kappa shape index (κ1) is 21.9. The normalized spacial score (nSPS) is 10.6. The molecular formula is C28H20O2S2. The Hall–Kier alpha value is -3.34. The first-order valence-electron chi connectivity index (χ1n) is 10.00. The summed E-state index contributed by atoms with van der Waals surface area (Å²) in [5.74, 6) is 0. The molecule has 4 rings (SSSR count). The quantitative estimate of drug-likeness (QED) is 0.221. The van der Waals surface area contributed by atoms with Crippen LogP contribution in [0.5, 0.6) is 0 Å². The van der Waals surface area contributed by atoms with E-state index in [4.69, 9.17) is 0 Å². The predicted molar refractivity (Wildman–Crippen MR) is 137 cm³/mol. The molecule has 0 aliphatic rings. The molecule has 2 nitrogen and oxygen atoms in total. The third-order valence-corrected chi connectivity index (χ3v) is 6.78. The molecule has 0 spiro atoms. The molecule has 4 heteroatoms. The molecule has 0 amide bonds. The van der Waals surface area contributed by atoms with Gasteiger partial charge in [-0.1, -0.05) is 73.8 Å². The number of hydrogen-bond donors (Lipinski definition) is 0. The molecular weight excluding hydrogens is 432 g/mol. The van der Waals surface area contributed by atoms with Crippen molar-refractivity contribution in [1.29, 1.82) is 0 Å². The molecule has 0 heterocycles. The maximum absolute atomic E-state index is 11.6. The molecule has 0 atom stereocenters. The molecule has 156 valence electrons. The second kappa shape index (κ2) is 9.86. The number of carbonyl (C=O) groups excluding carboxylic acids is 2. The molecule has 0 radical (unpaired) electrons. The van der Waals surface area contributed by atoms with Crippen LogP contribution >= 0.6 is 23.5 Å². The largest absolute Gasteiger partial charge is 0.282 e. The van der Waals surface area contributed by atoms with Gasteiger partial charge in [0.15, 0.2) is 0 Å². The van der Waals surface area contributed by atoms with Crippen molar-refractivity contribution in [3.8, 4) is 22.3 Å². The minimum absolute atomic E-state index is 0.0640. The lowest BCUT2D eigenvalue weighted by atomic mass is 9.92. The molecule has 0 unspecified atom stereocenters. The van der Waals surface area contributed by atoms with E-state index >= 15 is 0 Å². The van der Waals surface area contributed by atoms with Gasteiger partial charge in [-0.25, -0.2) is 0 Å². The topological polar surface area (TPSA) is 34.1 Å². The molecule has 4 aromatic carbocycles. The van der Waals surface area contributed by atoms with Crippen LogP contribution < -0.4 is 0 Å². The monoisotopic (exact) mass is 452 g/mol. The highest BCUT2D eigenvalue weighted by Gasteiger charge is 2.10. The Bertz CT molecular complexity index is 1220. The van der Waals surface area contributed by atoms with Gasteiger partial charge >= 0.3 is 0 Å². The Morgan fingerprint density at radius 2 is 0.938 bits per heavy atom. The summed E-state index contributed by atoms with van der Waals surface area (Å²) in [6, 6.07) is 28.7. The second-order valence-corrected chi connectivity index (χ2v) is 9.16. The van der Waals surface area contributed by atoms with Gasteiger partial charge in [-0.2, -0.15) is 0 Å². The molecule has 0 bridgehead atoms. The fourth-order valence-electron chi connectivity index (χ4n) is 3.52. The number of carbonyl (C=O) groups is 2. The van der Waals surface area contributed by atoms with E-state index in [0.29, 0.717) is 0 Å².